The van der Waals surface area contributed by atoms with E-state index in [0.717, 1.165) is 18.1 Å². The second-order valence-electron chi connectivity index (χ2n) is 5.27. The van der Waals surface area contributed by atoms with Gasteiger partial charge < -0.3 is 5.32 Å². The van der Waals surface area contributed by atoms with Crippen LogP contribution in [0.4, 0.5) is 5.82 Å². The average Bonchev–Trinajstić information content (AvgIpc) is 2.42. The third-order valence-corrected chi connectivity index (χ3v) is 2.16. The smallest absolute Gasteiger partial charge is 0.226 e. The largest absolute Gasteiger partial charge is 0.311 e. The van der Waals surface area contributed by atoms with Crippen LogP contribution in [-0.2, 0) is 11.3 Å². The fourth-order valence-electron chi connectivity index (χ4n) is 1.56. The zero-order chi connectivity index (χ0) is 12.3. The molecule has 0 radical (unpaired) electrons. The second-order valence-corrected chi connectivity index (χ2v) is 5.27. The van der Waals surface area contributed by atoms with Crippen LogP contribution in [0, 0.1) is 12.3 Å². The maximum Gasteiger partial charge on any atom is 0.226 e. The molecular formula is C12H21N3O. The van der Waals surface area contributed by atoms with Crippen molar-refractivity contribution in [2.45, 2.75) is 47.6 Å². The number of carbonyl (C=O) groups excluding carboxylic acids is 1. The molecule has 1 heterocycles. The summed E-state index contributed by atoms with van der Waals surface area (Å²) in [5.41, 5.74) is 0.934. The van der Waals surface area contributed by atoms with Crippen molar-refractivity contribution >= 4 is 11.7 Å². The van der Waals surface area contributed by atoms with E-state index in [1.54, 1.807) is 4.68 Å². The van der Waals surface area contributed by atoms with Crippen LogP contribution in [0.1, 0.15) is 39.8 Å². The lowest BCUT2D eigenvalue weighted by Crippen LogP contribution is -2.21. The van der Waals surface area contributed by atoms with Crippen molar-refractivity contribution in [1.29, 1.82) is 0 Å². The summed E-state index contributed by atoms with van der Waals surface area (Å²) < 4.78 is 1.80. The van der Waals surface area contributed by atoms with Crippen molar-refractivity contribution in [1.82, 2.24) is 9.78 Å². The molecule has 0 spiro atoms. The summed E-state index contributed by atoms with van der Waals surface area (Å²) in [6, 6.07) is 1.89. The molecule has 0 saturated heterocycles. The molecule has 90 valence electrons. The zero-order valence-corrected chi connectivity index (χ0v) is 10.8. The van der Waals surface area contributed by atoms with Crippen LogP contribution in [0.25, 0.3) is 0 Å². The molecule has 0 aromatic carbocycles. The summed E-state index contributed by atoms with van der Waals surface area (Å²) >= 11 is 0. The van der Waals surface area contributed by atoms with Gasteiger partial charge in [0.25, 0.3) is 0 Å². The Morgan fingerprint density at radius 1 is 1.50 bits per heavy atom. The van der Waals surface area contributed by atoms with Gasteiger partial charge in [0.05, 0.1) is 5.69 Å². The standard InChI is InChI=1S/C12H21N3O/c1-6-15-10(7-9(2)14-15)13-11(16)8-12(3,4)5/h7H,6,8H2,1-5H3,(H,13,16). The summed E-state index contributed by atoms with van der Waals surface area (Å²) in [4.78, 5) is 11.8. The predicted molar refractivity (Wildman–Crippen MR) is 65.3 cm³/mol. The molecule has 1 aromatic heterocycles. The number of hydrogen-bond acceptors (Lipinski definition) is 2. The van der Waals surface area contributed by atoms with E-state index in [0.29, 0.717) is 6.42 Å². The van der Waals surface area contributed by atoms with Crippen molar-refractivity contribution in [2.75, 3.05) is 5.32 Å². The molecule has 1 rings (SSSR count). The van der Waals surface area contributed by atoms with Crippen molar-refractivity contribution in [3.63, 3.8) is 0 Å². The Balaban J connectivity index is 2.69. The van der Waals surface area contributed by atoms with Gasteiger partial charge in [-0.05, 0) is 19.3 Å². The number of nitrogens with zero attached hydrogens (tertiary/aromatic N) is 2. The van der Waals surface area contributed by atoms with Gasteiger partial charge in [-0.3, -0.25) is 4.79 Å². The molecule has 0 saturated carbocycles. The monoisotopic (exact) mass is 223 g/mol. The molecule has 0 atom stereocenters. The highest BCUT2D eigenvalue weighted by atomic mass is 16.1. The van der Waals surface area contributed by atoms with E-state index in [4.69, 9.17) is 0 Å². The SMILES string of the molecule is CCn1nc(C)cc1NC(=O)CC(C)(C)C. The Morgan fingerprint density at radius 2 is 2.12 bits per heavy atom. The van der Waals surface area contributed by atoms with E-state index in [9.17, 15) is 4.79 Å². The molecule has 0 fully saturated rings. The van der Waals surface area contributed by atoms with Crippen LogP contribution in [-0.4, -0.2) is 15.7 Å². The lowest BCUT2D eigenvalue weighted by Gasteiger charge is -2.17. The van der Waals surface area contributed by atoms with Crippen LogP contribution in [0.3, 0.4) is 0 Å². The minimum Gasteiger partial charge on any atom is -0.311 e. The molecular weight excluding hydrogens is 202 g/mol. The fourth-order valence-corrected chi connectivity index (χ4v) is 1.56. The molecule has 0 aliphatic heterocycles. The van der Waals surface area contributed by atoms with Crippen molar-refractivity contribution in [3.8, 4) is 0 Å². The zero-order valence-electron chi connectivity index (χ0n) is 10.8. The van der Waals surface area contributed by atoms with Gasteiger partial charge in [-0.15, -0.1) is 0 Å². The molecule has 1 amide bonds. The van der Waals surface area contributed by atoms with Crippen molar-refractivity contribution in [2.24, 2.45) is 5.41 Å². The van der Waals surface area contributed by atoms with E-state index in [1.807, 2.05) is 19.9 Å². The van der Waals surface area contributed by atoms with Crippen LogP contribution < -0.4 is 5.32 Å². The number of carbonyl (C=O) groups is 1. The normalized spacial score (nSPS) is 11.6. The highest BCUT2D eigenvalue weighted by Gasteiger charge is 2.17. The molecule has 4 heteroatoms. The molecule has 0 unspecified atom stereocenters. The quantitative estimate of drug-likeness (QED) is 0.856. The molecule has 4 nitrogen and oxygen atoms in total. The molecule has 16 heavy (non-hydrogen) atoms. The number of anilines is 1. The van der Waals surface area contributed by atoms with Gasteiger partial charge in [0.2, 0.25) is 5.91 Å². The van der Waals surface area contributed by atoms with E-state index in [2.05, 4.69) is 31.2 Å². The Labute approximate surface area is 97.0 Å². The number of rotatable bonds is 3. The summed E-state index contributed by atoms with van der Waals surface area (Å²) in [6.07, 6.45) is 0.515. The number of aromatic nitrogens is 2. The maximum atomic E-state index is 11.8. The van der Waals surface area contributed by atoms with Crippen LogP contribution in [0.5, 0.6) is 0 Å². The highest BCUT2D eigenvalue weighted by Crippen LogP contribution is 2.19. The molecule has 0 bridgehead atoms. The van der Waals surface area contributed by atoms with Crippen LogP contribution in [0.15, 0.2) is 6.07 Å². The average molecular weight is 223 g/mol. The van der Waals surface area contributed by atoms with Crippen molar-refractivity contribution < 1.29 is 4.79 Å². The Bertz CT molecular complexity index is 374. The van der Waals surface area contributed by atoms with Crippen molar-refractivity contribution in [3.05, 3.63) is 11.8 Å². The van der Waals surface area contributed by atoms with Gasteiger partial charge in [0, 0.05) is 19.0 Å². The fraction of sp³-hybridized carbons (Fsp3) is 0.667. The highest BCUT2D eigenvalue weighted by molar-refractivity contribution is 5.90. The van der Waals surface area contributed by atoms with Crippen LogP contribution in [0.2, 0.25) is 0 Å². The molecule has 0 aliphatic carbocycles. The summed E-state index contributed by atoms with van der Waals surface area (Å²) in [7, 11) is 0. The first-order valence-corrected chi connectivity index (χ1v) is 5.66. The topological polar surface area (TPSA) is 46.9 Å². The number of aryl methyl sites for hydroxylation is 2. The molecule has 0 aliphatic rings. The van der Waals surface area contributed by atoms with Crippen LogP contribution >= 0.6 is 0 Å². The summed E-state index contributed by atoms with van der Waals surface area (Å²) in [6.45, 7) is 10.8. The summed E-state index contributed by atoms with van der Waals surface area (Å²) in [5.74, 6) is 0.830. The lowest BCUT2D eigenvalue weighted by molar-refractivity contribution is -0.117. The van der Waals surface area contributed by atoms with E-state index < -0.39 is 0 Å². The van der Waals surface area contributed by atoms with E-state index in [1.165, 1.54) is 0 Å². The van der Waals surface area contributed by atoms with Gasteiger partial charge in [0.1, 0.15) is 5.82 Å². The van der Waals surface area contributed by atoms with Gasteiger partial charge in [-0.1, -0.05) is 20.8 Å². The number of amides is 1. The summed E-state index contributed by atoms with van der Waals surface area (Å²) in [5, 5.41) is 7.18. The van der Waals surface area contributed by atoms with Gasteiger partial charge in [0.15, 0.2) is 0 Å². The van der Waals surface area contributed by atoms with Gasteiger partial charge >= 0.3 is 0 Å². The first-order chi connectivity index (χ1) is 7.31. The van der Waals surface area contributed by atoms with E-state index >= 15 is 0 Å². The van der Waals surface area contributed by atoms with Gasteiger partial charge in [-0.25, -0.2) is 4.68 Å². The number of nitrogens with one attached hydrogen (secondary N) is 1. The van der Waals surface area contributed by atoms with E-state index in [-0.39, 0.29) is 11.3 Å². The third-order valence-electron chi connectivity index (χ3n) is 2.16. The molecule has 1 N–H and O–H groups in total. The second kappa shape index (κ2) is 4.68. The Hall–Kier alpha value is -1.32. The lowest BCUT2D eigenvalue weighted by atomic mass is 9.92. The first kappa shape index (κ1) is 12.7. The minimum atomic E-state index is 0.0101. The Kier molecular flexibility index (Phi) is 3.73. The first-order valence-electron chi connectivity index (χ1n) is 5.66. The minimum absolute atomic E-state index is 0.0101. The molecule has 1 aromatic rings. The number of hydrogen-bond donors (Lipinski definition) is 1. The maximum absolute atomic E-state index is 11.8. The predicted octanol–water partition coefficient (Wildman–Crippen LogP) is 2.59. The Morgan fingerprint density at radius 3 is 2.62 bits per heavy atom. The third kappa shape index (κ3) is 3.68. The van der Waals surface area contributed by atoms with Gasteiger partial charge in [-0.2, -0.15) is 5.10 Å².